The molecule has 0 radical (unpaired) electrons. The maximum absolute atomic E-state index is 11.8. The lowest BCUT2D eigenvalue weighted by molar-refractivity contribution is -0.142. The fourth-order valence-corrected chi connectivity index (χ4v) is 2.90. The predicted octanol–water partition coefficient (Wildman–Crippen LogP) is 3.38. The monoisotopic (exact) mass is 286 g/mol. The summed E-state index contributed by atoms with van der Waals surface area (Å²) < 4.78 is 6.76. The number of hydrogen-bond acceptors (Lipinski definition) is 3. The summed E-state index contributed by atoms with van der Waals surface area (Å²) >= 11 is 0. The zero-order valence-corrected chi connectivity index (χ0v) is 13.5. The molecule has 0 saturated heterocycles. The van der Waals surface area contributed by atoms with Crippen LogP contribution >= 0.6 is 0 Å². The van der Waals surface area contributed by atoms with Crippen molar-refractivity contribution in [3.63, 3.8) is 0 Å². The summed E-state index contributed by atoms with van der Waals surface area (Å²) in [5.41, 5.74) is 6.21. The van der Waals surface area contributed by atoms with E-state index in [0.29, 0.717) is 0 Å². The van der Waals surface area contributed by atoms with Crippen LogP contribution in [0.3, 0.4) is 0 Å². The standard InChI is InChI=1S/C17H22N2O2/c1-10-7-11(2)9-15(8-10)19-14(5)16(13(4)18-19)12(3)17(20)21-6/h7-9,12H,1-6H3. The molecule has 4 heteroatoms. The van der Waals surface area contributed by atoms with Crippen molar-refractivity contribution in [1.29, 1.82) is 0 Å². The highest BCUT2D eigenvalue weighted by Crippen LogP contribution is 2.27. The van der Waals surface area contributed by atoms with E-state index >= 15 is 0 Å². The summed E-state index contributed by atoms with van der Waals surface area (Å²) in [4.78, 5) is 11.8. The molecule has 1 aromatic carbocycles. The maximum atomic E-state index is 11.8. The number of ether oxygens (including phenoxy) is 1. The minimum atomic E-state index is -0.311. The quantitative estimate of drug-likeness (QED) is 0.812. The topological polar surface area (TPSA) is 44.1 Å². The van der Waals surface area contributed by atoms with E-state index in [2.05, 4.69) is 37.1 Å². The fourth-order valence-electron chi connectivity index (χ4n) is 2.90. The Labute approximate surface area is 125 Å². The van der Waals surface area contributed by atoms with Crippen molar-refractivity contribution in [3.05, 3.63) is 46.3 Å². The third-order valence-electron chi connectivity index (χ3n) is 3.79. The third-order valence-corrected chi connectivity index (χ3v) is 3.79. The van der Waals surface area contributed by atoms with Crippen LogP contribution in [0.25, 0.3) is 5.69 Å². The van der Waals surface area contributed by atoms with Crippen LogP contribution in [0.4, 0.5) is 0 Å². The Morgan fingerprint density at radius 2 is 1.71 bits per heavy atom. The molecular formula is C17H22N2O2. The van der Waals surface area contributed by atoms with Gasteiger partial charge in [-0.15, -0.1) is 0 Å². The zero-order valence-electron chi connectivity index (χ0n) is 13.5. The van der Waals surface area contributed by atoms with Crippen LogP contribution in [-0.4, -0.2) is 22.9 Å². The van der Waals surface area contributed by atoms with Gasteiger partial charge in [-0.3, -0.25) is 4.79 Å². The lowest BCUT2D eigenvalue weighted by Crippen LogP contribution is -2.12. The van der Waals surface area contributed by atoms with Gasteiger partial charge in [0.05, 0.1) is 24.4 Å². The Balaban J connectivity index is 2.55. The Morgan fingerprint density at radius 3 is 2.24 bits per heavy atom. The summed E-state index contributed by atoms with van der Waals surface area (Å²) in [6.45, 7) is 9.92. The second kappa shape index (κ2) is 5.72. The van der Waals surface area contributed by atoms with E-state index in [1.54, 1.807) is 0 Å². The largest absolute Gasteiger partial charge is 0.469 e. The third kappa shape index (κ3) is 2.84. The molecule has 0 aliphatic heterocycles. The average molecular weight is 286 g/mol. The molecule has 21 heavy (non-hydrogen) atoms. The number of carbonyl (C=O) groups excluding carboxylic acids is 1. The van der Waals surface area contributed by atoms with Crippen molar-refractivity contribution >= 4 is 5.97 Å². The molecule has 2 rings (SSSR count). The normalized spacial score (nSPS) is 12.3. The van der Waals surface area contributed by atoms with Crippen LogP contribution in [0.15, 0.2) is 18.2 Å². The van der Waals surface area contributed by atoms with Gasteiger partial charge in [0.1, 0.15) is 0 Å². The van der Waals surface area contributed by atoms with E-state index < -0.39 is 0 Å². The molecule has 0 aliphatic carbocycles. The van der Waals surface area contributed by atoms with E-state index in [0.717, 1.165) is 22.6 Å². The lowest BCUT2D eigenvalue weighted by Gasteiger charge is -2.11. The van der Waals surface area contributed by atoms with Crippen molar-refractivity contribution < 1.29 is 9.53 Å². The van der Waals surface area contributed by atoms with E-state index in [1.165, 1.54) is 18.2 Å². The van der Waals surface area contributed by atoms with E-state index in [9.17, 15) is 4.79 Å². The molecule has 0 N–H and O–H groups in total. The minimum absolute atomic E-state index is 0.235. The average Bonchev–Trinajstić information content (AvgIpc) is 2.71. The second-order valence-electron chi connectivity index (χ2n) is 5.59. The van der Waals surface area contributed by atoms with Crippen molar-refractivity contribution in [2.24, 2.45) is 0 Å². The zero-order chi connectivity index (χ0) is 15.7. The van der Waals surface area contributed by atoms with Crippen LogP contribution in [0.5, 0.6) is 0 Å². The maximum Gasteiger partial charge on any atom is 0.312 e. The van der Waals surface area contributed by atoms with Gasteiger partial charge in [0.15, 0.2) is 0 Å². The highest BCUT2D eigenvalue weighted by Gasteiger charge is 2.24. The van der Waals surface area contributed by atoms with Crippen molar-refractivity contribution in [2.45, 2.75) is 40.5 Å². The first-order valence-corrected chi connectivity index (χ1v) is 7.07. The second-order valence-corrected chi connectivity index (χ2v) is 5.59. The van der Waals surface area contributed by atoms with Gasteiger partial charge < -0.3 is 4.74 Å². The van der Waals surface area contributed by atoms with Crippen LogP contribution in [0, 0.1) is 27.7 Å². The van der Waals surface area contributed by atoms with Gasteiger partial charge >= 0.3 is 5.97 Å². The van der Waals surface area contributed by atoms with Gasteiger partial charge in [-0.1, -0.05) is 6.07 Å². The molecule has 1 aromatic heterocycles. The Morgan fingerprint density at radius 1 is 1.14 bits per heavy atom. The van der Waals surface area contributed by atoms with E-state index in [1.807, 2.05) is 25.5 Å². The summed E-state index contributed by atoms with van der Waals surface area (Å²) in [6.07, 6.45) is 0. The number of esters is 1. The fraction of sp³-hybridized carbons (Fsp3) is 0.412. The summed E-state index contributed by atoms with van der Waals surface area (Å²) in [5, 5.41) is 4.61. The number of nitrogens with zero attached hydrogens (tertiary/aromatic N) is 2. The highest BCUT2D eigenvalue weighted by atomic mass is 16.5. The van der Waals surface area contributed by atoms with E-state index in [-0.39, 0.29) is 11.9 Å². The van der Waals surface area contributed by atoms with Crippen LogP contribution in [0.1, 0.15) is 40.9 Å². The highest BCUT2D eigenvalue weighted by molar-refractivity contribution is 5.78. The first-order valence-electron chi connectivity index (χ1n) is 7.07. The first kappa shape index (κ1) is 15.3. The summed E-state index contributed by atoms with van der Waals surface area (Å²) in [7, 11) is 1.41. The van der Waals surface area contributed by atoms with Gasteiger partial charge in [-0.25, -0.2) is 4.68 Å². The van der Waals surface area contributed by atoms with Crippen LogP contribution < -0.4 is 0 Å². The van der Waals surface area contributed by atoms with Crippen molar-refractivity contribution in [2.75, 3.05) is 7.11 Å². The molecule has 0 aliphatic rings. The molecule has 2 aromatic rings. The first-order chi connectivity index (χ1) is 9.85. The van der Waals surface area contributed by atoms with Gasteiger partial charge in [-0.05, 0) is 57.9 Å². The summed E-state index contributed by atoms with van der Waals surface area (Å²) in [6, 6.07) is 6.32. The predicted molar refractivity (Wildman–Crippen MR) is 82.9 cm³/mol. The number of aryl methyl sites for hydroxylation is 3. The number of rotatable bonds is 3. The number of benzene rings is 1. The SMILES string of the molecule is COC(=O)C(C)c1c(C)nn(-c2cc(C)cc(C)c2)c1C. The summed E-state index contributed by atoms with van der Waals surface area (Å²) in [5.74, 6) is -0.546. The molecular weight excluding hydrogens is 264 g/mol. The molecule has 1 heterocycles. The number of aromatic nitrogens is 2. The van der Waals surface area contributed by atoms with Gasteiger partial charge in [0, 0.05) is 11.3 Å². The molecule has 0 bridgehead atoms. The molecule has 112 valence electrons. The molecule has 0 amide bonds. The van der Waals surface area contributed by atoms with Gasteiger partial charge in [-0.2, -0.15) is 5.10 Å². The van der Waals surface area contributed by atoms with Crippen molar-refractivity contribution in [3.8, 4) is 5.69 Å². The minimum Gasteiger partial charge on any atom is -0.469 e. The molecule has 4 nitrogen and oxygen atoms in total. The molecule has 0 fully saturated rings. The number of carbonyl (C=O) groups is 1. The van der Waals surface area contributed by atoms with Crippen LogP contribution in [-0.2, 0) is 9.53 Å². The van der Waals surface area contributed by atoms with Gasteiger partial charge in [0.25, 0.3) is 0 Å². The number of methoxy groups -OCH3 is 1. The Kier molecular flexibility index (Phi) is 4.16. The lowest BCUT2D eigenvalue weighted by atomic mass is 9.99. The smallest absolute Gasteiger partial charge is 0.312 e. The van der Waals surface area contributed by atoms with E-state index in [4.69, 9.17) is 4.74 Å². The molecule has 0 saturated carbocycles. The number of hydrogen-bond donors (Lipinski definition) is 0. The van der Waals surface area contributed by atoms with Gasteiger partial charge in [0.2, 0.25) is 0 Å². The van der Waals surface area contributed by atoms with Crippen LogP contribution in [0.2, 0.25) is 0 Å². The van der Waals surface area contributed by atoms with Crippen molar-refractivity contribution in [1.82, 2.24) is 9.78 Å². The molecule has 0 spiro atoms. The Hall–Kier alpha value is -2.10. The Bertz CT molecular complexity index is 666. The molecule has 1 unspecified atom stereocenters. The molecule has 1 atom stereocenters.